The molecule has 0 aromatic heterocycles. The SMILES string of the molecule is COC(C)CCOC(=O)OOOC(=O)c1ccc([Si](C)(C)C)cc1. The van der Waals surface area contributed by atoms with Crippen LogP contribution in [0.2, 0.25) is 19.6 Å². The summed E-state index contributed by atoms with van der Waals surface area (Å²) in [5.41, 5.74) is 0.294. The first-order valence-electron chi connectivity index (χ1n) is 7.59. The van der Waals surface area contributed by atoms with Crippen LogP contribution >= 0.6 is 0 Å². The number of hydrogen-bond acceptors (Lipinski definition) is 7. The molecule has 0 heterocycles. The van der Waals surface area contributed by atoms with Crippen molar-refractivity contribution >= 4 is 25.4 Å². The van der Waals surface area contributed by atoms with Crippen LogP contribution in [-0.4, -0.2) is 40.0 Å². The molecule has 1 aromatic carbocycles. The van der Waals surface area contributed by atoms with Gasteiger partial charge in [0.2, 0.25) is 0 Å². The van der Waals surface area contributed by atoms with E-state index in [2.05, 4.69) is 34.5 Å². The van der Waals surface area contributed by atoms with Crippen molar-refractivity contribution in [1.82, 2.24) is 0 Å². The van der Waals surface area contributed by atoms with Crippen LogP contribution in [0.25, 0.3) is 0 Å². The zero-order chi connectivity index (χ0) is 18.2. The average molecular weight is 356 g/mol. The molecule has 0 saturated carbocycles. The maximum absolute atomic E-state index is 11.7. The Kier molecular flexibility index (Phi) is 7.89. The van der Waals surface area contributed by atoms with E-state index >= 15 is 0 Å². The van der Waals surface area contributed by atoms with Gasteiger partial charge >= 0.3 is 12.1 Å². The van der Waals surface area contributed by atoms with Crippen LogP contribution in [0.3, 0.4) is 0 Å². The number of rotatable bonds is 8. The molecule has 0 aliphatic carbocycles. The topological polar surface area (TPSA) is 80.3 Å². The Morgan fingerprint density at radius 3 is 2.25 bits per heavy atom. The second-order valence-electron chi connectivity index (χ2n) is 6.28. The van der Waals surface area contributed by atoms with Gasteiger partial charge < -0.3 is 9.47 Å². The normalized spacial score (nSPS) is 12.4. The van der Waals surface area contributed by atoms with Crippen molar-refractivity contribution in [2.75, 3.05) is 13.7 Å². The minimum atomic E-state index is -1.43. The summed E-state index contributed by atoms with van der Waals surface area (Å²) in [5, 5.41) is 5.36. The van der Waals surface area contributed by atoms with E-state index in [0.717, 1.165) is 0 Å². The van der Waals surface area contributed by atoms with Gasteiger partial charge in [-0.1, -0.05) is 37.0 Å². The van der Waals surface area contributed by atoms with Gasteiger partial charge in [-0.2, -0.15) is 0 Å². The molecular formula is C16H24O7Si. The number of carbonyl (C=O) groups is 2. The van der Waals surface area contributed by atoms with Crippen LogP contribution in [0.5, 0.6) is 0 Å². The standard InChI is InChI=1S/C16H24O7Si/c1-12(19-2)10-11-20-16(18)22-23-21-15(17)13-6-8-14(9-7-13)24(3,4)5/h6-9,12H,10-11H2,1-5H3. The van der Waals surface area contributed by atoms with Crippen LogP contribution in [0.4, 0.5) is 4.79 Å². The van der Waals surface area contributed by atoms with Crippen LogP contribution < -0.4 is 5.19 Å². The molecule has 7 nitrogen and oxygen atoms in total. The summed E-state index contributed by atoms with van der Waals surface area (Å²) >= 11 is 0. The molecule has 0 amide bonds. The summed E-state index contributed by atoms with van der Waals surface area (Å²) in [6.45, 7) is 8.55. The lowest BCUT2D eigenvalue weighted by Gasteiger charge is -2.16. The second-order valence-corrected chi connectivity index (χ2v) is 11.4. The van der Waals surface area contributed by atoms with Crippen LogP contribution in [-0.2, 0) is 24.3 Å². The van der Waals surface area contributed by atoms with E-state index in [-0.39, 0.29) is 12.7 Å². The third-order valence-corrected chi connectivity index (χ3v) is 5.41. The lowest BCUT2D eigenvalue weighted by atomic mass is 10.2. The highest BCUT2D eigenvalue weighted by Gasteiger charge is 2.18. The fraction of sp³-hybridized carbons (Fsp3) is 0.500. The predicted molar refractivity (Wildman–Crippen MR) is 89.4 cm³/mol. The van der Waals surface area contributed by atoms with E-state index in [1.807, 2.05) is 19.1 Å². The van der Waals surface area contributed by atoms with Crippen LogP contribution in [0.1, 0.15) is 23.7 Å². The molecule has 0 radical (unpaired) electrons. The van der Waals surface area contributed by atoms with E-state index in [9.17, 15) is 9.59 Å². The molecule has 1 aromatic rings. The Hall–Kier alpha value is -1.90. The molecule has 0 aliphatic rings. The minimum Gasteiger partial charge on any atom is -0.432 e. The largest absolute Gasteiger partial charge is 0.543 e. The van der Waals surface area contributed by atoms with Gasteiger partial charge in [-0.3, -0.25) is 4.89 Å². The Morgan fingerprint density at radius 2 is 1.71 bits per heavy atom. The smallest absolute Gasteiger partial charge is 0.432 e. The van der Waals surface area contributed by atoms with Crippen molar-refractivity contribution in [3.63, 3.8) is 0 Å². The van der Waals surface area contributed by atoms with Crippen molar-refractivity contribution in [3.8, 4) is 0 Å². The molecule has 0 N–H and O–H groups in total. The third kappa shape index (κ3) is 7.11. The minimum absolute atomic E-state index is 0.0457. The fourth-order valence-corrected chi connectivity index (χ4v) is 2.85. The van der Waals surface area contributed by atoms with E-state index < -0.39 is 20.2 Å². The summed E-state index contributed by atoms with van der Waals surface area (Å²) in [7, 11) is 0.124. The molecule has 0 bridgehead atoms. The van der Waals surface area contributed by atoms with E-state index in [1.165, 1.54) is 5.19 Å². The zero-order valence-corrected chi connectivity index (χ0v) is 15.7. The predicted octanol–water partition coefficient (Wildman–Crippen LogP) is 2.81. The van der Waals surface area contributed by atoms with Gasteiger partial charge in [0.15, 0.2) is 0 Å². The molecule has 8 heteroatoms. The molecule has 1 atom stereocenters. The molecule has 1 unspecified atom stereocenters. The van der Waals surface area contributed by atoms with E-state index in [1.54, 1.807) is 19.2 Å². The van der Waals surface area contributed by atoms with Crippen molar-refractivity contribution in [2.45, 2.75) is 39.1 Å². The molecule has 1 rings (SSSR count). The molecule has 0 fully saturated rings. The number of carbonyl (C=O) groups excluding carboxylic acids is 2. The van der Waals surface area contributed by atoms with E-state index in [4.69, 9.17) is 9.47 Å². The van der Waals surface area contributed by atoms with Gasteiger partial charge in [0.1, 0.15) is 0 Å². The molecule has 24 heavy (non-hydrogen) atoms. The average Bonchev–Trinajstić information content (AvgIpc) is 2.53. The maximum atomic E-state index is 11.7. The van der Waals surface area contributed by atoms with Gasteiger partial charge in [-0.05, 0) is 19.1 Å². The third-order valence-electron chi connectivity index (χ3n) is 3.35. The fourth-order valence-electron chi connectivity index (χ4n) is 1.68. The zero-order valence-electron chi connectivity index (χ0n) is 14.7. The van der Waals surface area contributed by atoms with Gasteiger partial charge in [-0.15, -0.1) is 0 Å². The van der Waals surface area contributed by atoms with Gasteiger partial charge in [0.05, 0.1) is 31.4 Å². The van der Waals surface area contributed by atoms with E-state index in [0.29, 0.717) is 12.0 Å². The summed E-state index contributed by atoms with van der Waals surface area (Å²) in [5.74, 6) is -0.766. The Bertz CT molecular complexity index is 536. The van der Waals surface area contributed by atoms with Gasteiger partial charge in [-0.25, -0.2) is 14.5 Å². The molecule has 0 saturated heterocycles. The Labute approximate surface area is 142 Å². The Morgan fingerprint density at radius 1 is 1.08 bits per heavy atom. The van der Waals surface area contributed by atoms with Crippen molar-refractivity contribution in [1.29, 1.82) is 0 Å². The second kappa shape index (κ2) is 9.41. The molecular weight excluding hydrogens is 332 g/mol. The van der Waals surface area contributed by atoms with Gasteiger partial charge in [0, 0.05) is 13.5 Å². The van der Waals surface area contributed by atoms with Crippen molar-refractivity contribution in [2.24, 2.45) is 0 Å². The van der Waals surface area contributed by atoms with Crippen LogP contribution in [0.15, 0.2) is 24.3 Å². The first kappa shape index (κ1) is 20.1. The number of benzene rings is 1. The van der Waals surface area contributed by atoms with Crippen molar-refractivity contribution < 1.29 is 33.9 Å². The molecule has 0 spiro atoms. The lowest BCUT2D eigenvalue weighted by molar-refractivity contribution is -0.452. The summed E-state index contributed by atoms with van der Waals surface area (Å²) in [4.78, 5) is 31.5. The first-order chi connectivity index (χ1) is 11.2. The number of hydrogen-bond donors (Lipinski definition) is 0. The Balaban J connectivity index is 2.32. The summed E-state index contributed by atoms with van der Waals surface area (Å²) < 4.78 is 9.69. The van der Waals surface area contributed by atoms with Gasteiger partial charge in [0.25, 0.3) is 0 Å². The molecule has 134 valence electrons. The first-order valence-corrected chi connectivity index (χ1v) is 11.1. The summed E-state index contributed by atoms with van der Waals surface area (Å²) in [6, 6.07) is 7.05. The highest BCUT2D eigenvalue weighted by atomic mass is 28.3. The van der Waals surface area contributed by atoms with Crippen LogP contribution in [0, 0.1) is 0 Å². The quantitative estimate of drug-likeness (QED) is 0.307. The lowest BCUT2D eigenvalue weighted by Crippen LogP contribution is -2.37. The monoisotopic (exact) mass is 356 g/mol. The number of methoxy groups -OCH3 is 1. The van der Waals surface area contributed by atoms with Crippen molar-refractivity contribution in [3.05, 3.63) is 29.8 Å². The number of ether oxygens (including phenoxy) is 2. The highest BCUT2D eigenvalue weighted by Crippen LogP contribution is 2.06. The highest BCUT2D eigenvalue weighted by molar-refractivity contribution is 6.88. The summed E-state index contributed by atoms with van der Waals surface area (Å²) in [6.07, 6.45) is -0.634. The molecule has 0 aliphatic heterocycles. The maximum Gasteiger partial charge on any atom is 0.543 e.